The largest absolute Gasteiger partial charge is 0.301 e. The van der Waals surface area contributed by atoms with E-state index >= 15 is 0 Å². The van der Waals surface area contributed by atoms with Crippen LogP contribution in [0.5, 0.6) is 0 Å². The molecule has 0 heterocycles. The molecule has 0 radical (unpaired) electrons. The van der Waals surface area contributed by atoms with Gasteiger partial charge in [-0.25, -0.2) is 0 Å². The van der Waals surface area contributed by atoms with Crippen LogP contribution in [0, 0.1) is 5.92 Å². The molecule has 0 N–H and O–H groups in total. The first-order valence-electron chi connectivity index (χ1n) is 6.58. The van der Waals surface area contributed by atoms with Crippen molar-refractivity contribution >= 4 is 15.9 Å². The number of nitrogens with zero attached hydrogens (tertiary/aromatic N) is 1. The molecule has 0 aromatic carbocycles. The van der Waals surface area contributed by atoms with Crippen LogP contribution in [0.4, 0.5) is 0 Å². The Bertz CT molecular complexity index is 155. The minimum Gasteiger partial charge on any atom is -0.301 e. The lowest BCUT2D eigenvalue weighted by molar-refractivity contribution is 0.195. The van der Waals surface area contributed by atoms with Crippen LogP contribution in [0.25, 0.3) is 0 Å². The molecular weight excluding hydrogens is 250 g/mol. The van der Waals surface area contributed by atoms with Gasteiger partial charge in [0.25, 0.3) is 0 Å². The molecule has 0 bridgehead atoms. The van der Waals surface area contributed by atoms with E-state index in [1.165, 1.54) is 51.6 Å². The molecule has 1 fully saturated rings. The Kier molecular flexibility index (Phi) is 6.91. The zero-order valence-corrected chi connectivity index (χ0v) is 11.9. The minimum atomic E-state index is 0.875. The van der Waals surface area contributed by atoms with Crippen LogP contribution in [-0.2, 0) is 0 Å². The average molecular weight is 276 g/mol. The monoisotopic (exact) mass is 275 g/mol. The summed E-state index contributed by atoms with van der Waals surface area (Å²) in [5, 5.41) is 1.16. The Hall–Kier alpha value is 0.440. The minimum absolute atomic E-state index is 0.875. The lowest BCUT2D eigenvalue weighted by Gasteiger charge is -2.28. The van der Waals surface area contributed by atoms with Gasteiger partial charge in [0.15, 0.2) is 0 Å². The van der Waals surface area contributed by atoms with E-state index in [4.69, 9.17) is 0 Å². The van der Waals surface area contributed by atoms with Gasteiger partial charge in [-0.3, -0.25) is 0 Å². The van der Waals surface area contributed by atoms with Crippen molar-refractivity contribution in [1.29, 1.82) is 0 Å². The van der Waals surface area contributed by atoms with Crippen molar-refractivity contribution in [3.8, 4) is 0 Å². The van der Waals surface area contributed by atoms with E-state index in [1.807, 2.05) is 0 Å². The number of rotatable bonds is 7. The van der Waals surface area contributed by atoms with E-state index in [-0.39, 0.29) is 0 Å². The lowest BCUT2D eigenvalue weighted by atomic mass is 10.0. The molecule has 1 rings (SSSR count). The zero-order chi connectivity index (χ0) is 11.1. The first-order valence-corrected chi connectivity index (χ1v) is 7.70. The topological polar surface area (TPSA) is 3.24 Å². The fourth-order valence-corrected chi connectivity index (χ4v) is 3.37. The van der Waals surface area contributed by atoms with Gasteiger partial charge >= 0.3 is 0 Å². The van der Waals surface area contributed by atoms with Crippen molar-refractivity contribution in [3.63, 3.8) is 0 Å². The Labute approximate surface area is 104 Å². The van der Waals surface area contributed by atoms with Crippen LogP contribution in [0.2, 0.25) is 0 Å². The van der Waals surface area contributed by atoms with Crippen molar-refractivity contribution in [2.24, 2.45) is 5.92 Å². The summed E-state index contributed by atoms with van der Waals surface area (Å²) in [6.07, 6.45) is 8.50. The van der Waals surface area contributed by atoms with Gasteiger partial charge in [0.05, 0.1) is 0 Å². The van der Waals surface area contributed by atoms with Gasteiger partial charge in [0.2, 0.25) is 0 Å². The maximum absolute atomic E-state index is 3.53. The lowest BCUT2D eigenvalue weighted by Crippen LogP contribution is -2.34. The fraction of sp³-hybridized carbons (Fsp3) is 1.00. The molecule has 1 atom stereocenters. The maximum atomic E-state index is 3.53. The predicted molar refractivity (Wildman–Crippen MR) is 71.7 cm³/mol. The summed E-state index contributed by atoms with van der Waals surface area (Å²) in [6, 6.07) is 0.908. The summed E-state index contributed by atoms with van der Waals surface area (Å²) in [4.78, 5) is 2.71. The predicted octanol–water partition coefficient (Wildman–Crippen LogP) is 4.06. The third-order valence-electron chi connectivity index (χ3n) is 3.76. The van der Waals surface area contributed by atoms with Crippen LogP contribution in [0.15, 0.2) is 0 Å². The summed E-state index contributed by atoms with van der Waals surface area (Å²) < 4.78 is 0. The summed E-state index contributed by atoms with van der Waals surface area (Å²) in [6.45, 7) is 7.25. The average Bonchev–Trinajstić information content (AvgIpc) is 2.72. The molecule has 1 saturated carbocycles. The number of hydrogen-bond acceptors (Lipinski definition) is 1. The van der Waals surface area contributed by atoms with Gasteiger partial charge < -0.3 is 4.90 Å². The van der Waals surface area contributed by atoms with E-state index in [2.05, 4.69) is 34.7 Å². The van der Waals surface area contributed by atoms with E-state index in [0.717, 1.165) is 17.3 Å². The maximum Gasteiger partial charge on any atom is 0.00951 e. The Morgan fingerprint density at radius 1 is 1.27 bits per heavy atom. The van der Waals surface area contributed by atoms with E-state index in [1.54, 1.807) is 0 Å². The van der Waals surface area contributed by atoms with Crippen LogP contribution < -0.4 is 0 Å². The molecule has 0 aromatic rings. The highest BCUT2D eigenvalue weighted by atomic mass is 79.9. The zero-order valence-electron chi connectivity index (χ0n) is 10.3. The number of halogens is 1. The quantitative estimate of drug-likeness (QED) is 0.634. The molecule has 1 unspecified atom stereocenters. The molecule has 15 heavy (non-hydrogen) atoms. The van der Waals surface area contributed by atoms with Gasteiger partial charge in [-0.15, -0.1) is 0 Å². The molecule has 0 saturated heterocycles. The fourth-order valence-electron chi connectivity index (χ4n) is 2.59. The van der Waals surface area contributed by atoms with Gasteiger partial charge in [0, 0.05) is 11.4 Å². The van der Waals surface area contributed by atoms with Crippen molar-refractivity contribution in [2.45, 2.75) is 58.4 Å². The SMILES string of the molecule is CCN(CCC(C)CCBr)C1CCCC1. The summed E-state index contributed by atoms with van der Waals surface area (Å²) in [7, 11) is 0. The van der Waals surface area contributed by atoms with Crippen LogP contribution in [-0.4, -0.2) is 29.4 Å². The molecule has 0 aliphatic heterocycles. The van der Waals surface area contributed by atoms with E-state index in [0.29, 0.717) is 0 Å². The van der Waals surface area contributed by atoms with Gasteiger partial charge in [-0.1, -0.05) is 42.6 Å². The molecule has 90 valence electrons. The molecule has 0 spiro atoms. The Balaban J connectivity index is 2.20. The number of hydrogen-bond donors (Lipinski definition) is 0. The molecule has 2 heteroatoms. The third kappa shape index (κ3) is 4.86. The highest BCUT2D eigenvalue weighted by Crippen LogP contribution is 2.24. The second-order valence-corrected chi connectivity index (χ2v) is 5.73. The second-order valence-electron chi connectivity index (χ2n) is 4.94. The molecule has 1 aliphatic rings. The van der Waals surface area contributed by atoms with Crippen molar-refractivity contribution < 1.29 is 0 Å². The van der Waals surface area contributed by atoms with Crippen LogP contribution in [0.3, 0.4) is 0 Å². The first-order chi connectivity index (χ1) is 7.27. The van der Waals surface area contributed by atoms with Crippen LogP contribution >= 0.6 is 15.9 Å². The smallest absolute Gasteiger partial charge is 0.00951 e. The van der Waals surface area contributed by atoms with E-state index in [9.17, 15) is 0 Å². The third-order valence-corrected chi connectivity index (χ3v) is 4.22. The van der Waals surface area contributed by atoms with E-state index < -0.39 is 0 Å². The van der Waals surface area contributed by atoms with Crippen LogP contribution in [0.1, 0.15) is 52.4 Å². The van der Waals surface area contributed by atoms with Crippen molar-refractivity contribution in [2.75, 3.05) is 18.4 Å². The van der Waals surface area contributed by atoms with Gasteiger partial charge in [0.1, 0.15) is 0 Å². The highest BCUT2D eigenvalue weighted by molar-refractivity contribution is 9.09. The summed E-state index contributed by atoms with van der Waals surface area (Å²) >= 11 is 3.53. The highest BCUT2D eigenvalue weighted by Gasteiger charge is 2.21. The molecule has 0 aromatic heterocycles. The molecule has 0 amide bonds. The Morgan fingerprint density at radius 3 is 2.47 bits per heavy atom. The van der Waals surface area contributed by atoms with Crippen molar-refractivity contribution in [3.05, 3.63) is 0 Å². The standard InChI is InChI=1S/C13H26BrN/c1-3-15(13-6-4-5-7-13)11-9-12(2)8-10-14/h12-13H,3-11H2,1-2H3. The molecule has 1 nitrogen and oxygen atoms in total. The normalized spacial score (nSPS) is 20.0. The molecule has 1 aliphatic carbocycles. The van der Waals surface area contributed by atoms with Gasteiger partial charge in [-0.05, 0) is 44.7 Å². The summed E-state index contributed by atoms with van der Waals surface area (Å²) in [5.74, 6) is 0.875. The second kappa shape index (κ2) is 7.67. The molecular formula is C13H26BrN. The van der Waals surface area contributed by atoms with Crippen molar-refractivity contribution in [1.82, 2.24) is 4.90 Å². The summed E-state index contributed by atoms with van der Waals surface area (Å²) in [5.41, 5.74) is 0. The first kappa shape index (κ1) is 13.5. The Morgan fingerprint density at radius 2 is 1.93 bits per heavy atom. The number of alkyl halides is 1. The van der Waals surface area contributed by atoms with Gasteiger partial charge in [-0.2, -0.15) is 0 Å².